The molecule has 0 aliphatic carbocycles. The van der Waals surface area contributed by atoms with Gasteiger partial charge < -0.3 is 0 Å². The van der Waals surface area contributed by atoms with Gasteiger partial charge in [-0.25, -0.2) is 8.42 Å². The van der Waals surface area contributed by atoms with Crippen molar-refractivity contribution in [2.45, 2.75) is 55.5 Å². The summed E-state index contributed by atoms with van der Waals surface area (Å²) < 4.78 is 27.8. The first-order chi connectivity index (χ1) is 11.9. The molecule has 25 heavy (non-hydrogen) atoms. The van der Waals surface area contributed by atoms with E-state index in [0.29, 0.717) is 5.69 Å². The van der Waals surface area contributed by atoms with E-state index in [4.69, 9.17) is 0 Å². The van der Waals surface area contributed by atoms with E-state index in [-0.39, 0.29) is 41.6 Å². The number of hydrogen-bond donors (Lipinski definition) is 0. The molecule has 0 spiro atoms. The summed E-state index contributed by atoms with van der Waals surface area (Å²) in [6, 6.07) is 6.06. The molecule has 2 bridgehead atoms. The summed E-state index contributed by atoms with van der Waals surface area (Å²) in [5, 5.41) is 0. The van der Waals surface area contributed by atoms with Crippen LogP contribution in [0, 0.1) is 0 Å². The van der Waals surface area contributed by atoms with E-state index in [2.05, 4.69) is 6.58 Å². The van der Waals surface area contributed by atoms with Crippen molar-refractivity contribution in [1.29, 1.82) is 0 Å². The van der Waals surface area contributed by atoms with Crippen LogP contribution in [-0.4, -0.2) is 36.6 Å². The van der Waals surface area contributed by atoms with Crippen LogP contribution in [0.3, 0.4) is 0 Å². The molecule has 0 aromatic heterocycles. The number of carbonyl (C=O) groups excluding carboxylic acids is 2. The number of nitrogens with zero attached hydrogens (tertiary/aromatic N) is 2. The molecule has 6 nitrogen and oxygen atoms in total. The Morgan fingerprint density at radius 1 is 0.920 bits per heavy atom. The van der Waals surface area contributed by atoms with Gasteiger partial charge in [0.1, 0.15) is 0 Å². The molecule has 1 aromatic rings. The fourth-order valence-electron chi connectivity index (χ4n) is 4.22. The second kappa shape index (κ2) is 5.78. The second-order valence-electron chi connectivity index (χ2n) is 6.99. The van der Waals surface area contributed by atoms with E-state index in [1.807, 2.05) is 0 Å². The van der Waals surface area contributed by atoms with Crippen LogP contribution in [0.4, 0.5) is 5.69 Å². The molecule has 0 saturated carbocycles. The summed E-state index contributed by atoms with van der Waals surface area (Å²) in [6.07, 6.45) is 3.62. The van der Waals surface area contributed by atoms with Crippen LogP contribution in [0.5, 0.6) is 0 Å². The first-order valence-electron chi connectivity index (χ1n) is 8.54. The fraction of sp³-hybridized carbons (Fsp3) is 0.444. The van der Waals surface area contributed by atoms with Gasteiger partial charge in [0.05, 0.1) is 10.6 Å². The molecule has 3 saturated heterocycles. The van der Waals surface area contributed by atoms with Gasteiger partial charge >= 0.3 is 0 Å². The van der Waals surface area contributed by atoms with Gasteiger partial charge in [0.25, 0.3) is 0 Å². The molecule has 1 aromatic carbocycles. The Hall–Kier alpha value is -1.99. The predicted octanol–water partition coefficient (Wildman–Crippen LogP) is 2.21. The highest BCUT2D eigenvalue weighted by Crippen LogP contribution is 2.41. The van der Waals surface area contributed by atoms with E-state index < -0.39 is 10.0 Å². The largest absolute Gasteiger partial charge is 0.274 e. The summed E-state index contributed by atoms with van der Waals surface area (Å²) in [5.41, 5.74) is 1.56. The minimum atomic E-state index is -3.58. The van der Waals surface area contributed by atoms with Crippen LogP contribution in [0.25, 0.3) is 0 Å². The zero-order valence-corrected chi connectivity index (χ0v) is 14.7. The Bertz CT molecular complexity index is 828. The topological polar surface area (TPSA) is 74.8 Å². The van der Waals surface area contributed by atoms with E-state index in [1.54, 1.807) is 16.4 Å². The molecule has 2 atom stereocenters. The molecule has 7 heteroatoms. The number of hydrogen-bond acceptors (Lipinski definition) is 4. The molecule has 3 aliphatic rings. The number of fused-ring (bicyclic) bond motifs is 2. The monoisotopic (exact) mass is 360 g/mol. The lowest BCUT2D eigenvalue weighted by molar-refractivity contribution is -0.121. The molecule has 2 unspecified atom stereocenters. The van der Waals surface area contributed by atoms with Crippen molar-refractivity contribution in [2.75, 3.05) is 4.90 Å². The van der Waals surface area contributed by atoms with Crippen molar-refractivity contribution >= 4 is 27.5 Å². The SMILES string of the molecule is C=C1CC2CCC(C1)N2S(=O)(=O)c1ccc(N2C(=O)CCC2=O)cc1. The van der Waals surface area contributed by atoms with Crippen molar-refractivity contribution in [3.8, 4) is 0 Å². The number of rotatable bonds is 3. The first-order valence-corrected chi connectivity index (χ1v) is 9.98. The molecular formula is C18H20N2O4S. The van der Waals surface area contributed by atoms with Crippen LogP contribution in [-0.2, 0) is 19.6 Å². The molecule has 0 N–H and O–H groups in total. The van der Waals surface area contributed by atoms with Crippen molar-refractivity contribution in [2.24, 2.45) is 0 Å². The average Bonchev–Trinajstić information content (AvgIpc) is 3.05. The van der Waals surface area contributed by atoms with Crippen molar-refractivity contribution < 1.29 is 18.0 Å². The Kier molecular flexibility index (Phi) is 3.81. The van der Waals surface area contributed by atoms with Crippen LogP contribution >= 0.6 is 0 Å². The number of benzene rings is 1. The molecule has 3 heterocycles. The summed E-state index contributed by atoms with van der Waals surface area (Å²) in [4.78, 5) is 25.0. The minimum absolute atomic E-state index is 0.00216. The second-order valence-corrected chi connectivity index (χ2v) is 8.84. The van der Waals surface area contributed by atoms with Crippen molar-refractivity contribution in [1.82, 2.24) is 4.31 Å². The molecule has 3 aliphatic heterocycles. The Morgan fingerprint density at radius 2 is 1.44 bits per heavy atom. The third kappa shape index (κ3) is 2.62. The van der Waals surface area contributed by atoms with Gasteiger partial charge in [0.15, 0.2) is 0 Å². The maximum atomic E-state index is 13.1. The third-order valence-corrected chi connectivity index (χ3v) is 7.34. The molecule has 2 amide bonds. The van der Waals surface area contributed by atoms with Crippen LogP contribution < -0.4 is 4.90 Å². The first kappa shape index (κ1) is 16.5. The average molecular weight is 360 g/mol. The fourth-order valence-corrected chi connectivity index (χ4v) is 6.09. The lowest BCUT2D eigenvalue weighted by Crippen LogP contribution is -2.44. The van der Waals surface area contributed by atoms with Gasteiger partial charge in [-0.1, -0.05) is 12.2 Å². The smallest absolute Gasteiger partial charge is 0.243 e. The van der Waals surface area contributed by atoms with Crippen LogP contribution in [0.15, 0.2) is 41.3 Å². The van der Waals surface area contributed by atoms with Gasteiger partial charge in [-0.3, -0.25) is 14.5 Å². The van der Waals surface area contributed by atoms with Gasteiger partial charge in [-0.15, -0.1) is 0 Å². The van der Waals surface area contributed by atoms with Crippen LogP contribution in [0.1, 0.15) is 38.5 Å². The number of carbonyl (C=O) groups is 2. The highest BCUT2D eigenvalue weighted by molar-refractivity contribution is 7.89. The van der Waals surface area contributed by atoms with Gasteiger partial charge in [0.2, 0.25) is 21.8 Å². The van der Waals surface area contributed by atoms with E-state index >= 15 is 0 Å². The number of amides is 2. The van der Waals surface area contributed by atoms with Gasteiger partial charge in [-0.2, -0.15) is 4.31 Å². The van der Waals surface area contributed by atoms with Crippen molar-refractivity contribution in [3.63, 3.8) is 0 Å². The quantitative estimate of drug-likeness (QED) is 0.612. The van der Waals surface area contributed by atoms with Gasteiger partial charge in [0, 0.05) is 24.9 Å². The summed E-state index contributed by atoms with van der Waals surface area (Å²) in [5.74, 6) is -0.485. The van der Waals surface area contributed by atoms with E-state index in [1.165, 1.54) is 12.1 Å². The molecular weight excluding hydrogens is 340 g/mol. The lowest BCUT2D eigenvalue weighted by Gasteiger charge is -2.34. The minimum Gasteiger partial charge on any atom is -0.274 e. The zero-order valence-electron chi connectivity index (χ0n) is 13.8. The molecule has 4 rings (SSSR count). The van der Waals surface area contributed by atoms with E-state index in [9.17, 15) is 18.0 Å². The number of imide groups is 1. The highest BCUT2D eigenvalue weighted by Gasteiger charge is 2.45. The number of sulfonamides is 1. The summed E-state index contributed by atoms with van der Waals surface area (Å²) in [7, 11) is -3.58. The number of anilines is 1. The summed E-state index contributed by atoms with van der Waals surface area (Å²) >= 11 is 0. The normalized spacial score (nSPS) is 27.4. The number of piperidine rings is 1. The third-order valence-electron chi connectivity index (χ3n) is 5.32. The molecule has 3 fully saturated rings. The van der Waals surface area contributed by atoms with Gasteiger partial charge in [-0.05, 0) is 49.9 Å². The van der Waals surface area contributed by atoms with Crippen LogP contribution in [0.2, 0.25) is 0 Å². The standard InChI is InChI=1S/C18H20N2O4S/c1-12-10-14-2-3-15(11-12)20(14)25(23,24)16-6-4-13(5-7-16)19-17(21)8-9-18(19)22/h4-7,14-15H,1-3,8-11H2. The maximum absolute atomic E-state index is 13.1. The molecule has 0 radical (unpaired) electrons. The van der Waals surface area contributed by atoms with Crippen molar-refractivity contribution in [3.05, 3.63) is 36.4 Å². The molecule has 132 valence electrons. The lowest BCUT2D eigenvalue weighted by atomic mass is 10.0. The summed E-state index contributed by atoms with van der Waals surface area (Å²) in [6.45, 7) is 4.02. The highest BCUT2D eigenvalue weighted by atomic mass is 32.2. The van der Waals surface area contributed by atoms with E-state index in [0.717, 1.165) is 36.2 Å². The Balaban J connectivity index is 1.63. The zero-order chi connectivity index (χ0) is 17.8. The Morgan fingerprint density at radius 3 is 1.96 bits per heavy atom. The Labute approximate surface area is 147 Å². The predicted molar refractivity (Wildman–Crippen MR) is 92.4 cm³/mol. The maximum Gasteiger partial charge on any atom is 0.243 e.